The lowest BCUT2D eigenvalue weighted by molar-refractivity contribution is -0.140. The number of halogens is 4. The van der Waals surface area contributed by atoms with Crippen LogP contribution in [-0.4, -0.2) is 18.0 Å². The largest absolute Gasteiger partial charge is 0.480 e. The number of alkyl halides is 3. The minimum atomic E-state index is -4.88. The van der Waals surface area contributed by atoms with E-state index >= 15 is 0 Å². The Morgan fingerprint density at radius 1 is 1.23 bits per heavy atom. The van der Waals surface area contributed by atoms with Crippen molar-refractivity contribution >= 4 is 11.6 Å². The number of pyridine rings is 1. The molecule has 0 fully saturated rings. The Labute approximate surface area is 122 Å². The number of ether oxygens (including phenoxy) is 1. The van der Waals surface area contributed by atoms with E-state index in [2.05, 4.69) is 10.3 Å². The molecule has 1 aromatic heterocycles. The summed E-state index contributed by atoms with van der Waals surface area (Å²) >= 11 is 0. The van der Waals surface area contributed by atoms with Gasteiger partial charge in [-0.2, -0.15) is 13.2 Å². The van der Waals surface area contributed by atoms with Gasteiger partial charge in [0.05, 0.1) is 18.2 Å². The summed E-state index contributed by atoms with van der Waals surface area (Å²) in [5.41, 5.74) is -2.11. The van der Waals surface area contributed by atoms with Crippen LogP contribution < -0.4 is 10.1 Å². The number of amides is 1. The Morgan fingerprint density at radius 2 is 1.95 bits per heavy atom. The minimum absolute atomic E-state index is 0.0586. The zero-order valence-corrected chi connectivity index (χ0v) is 11.2. The van der Waals surface area contributed by atoms with Crippen molar-refractivity contribution in [2.75, 3.05) is 12.4 Å². The fourth-order valence-corrected chi connectivity index (χ4v) is 1.76. The molecule has 0 unspecified atom stereocenters. The summed E-state index contributed by atoms with van der Waals surface area (Å²) in [6, 6.07) is 5.40. The number of hydrogen-bond acceptors (Lipinski definition) is 3. The topological polar surface area (TPSA) is 51.2 Å². The van der Waals surface area contributed by atoms with E-state index in [0.717, 1.165) is 12.1 Å². The highest BCUT2D eigenvalue weighted by molar-refractivity contribution is 6.05. The van der Waals surface area contributed by atoms with Crippen LogP contribution in [0.2, 0.25) is 0 Å². The molecule has 0 radical (unpaired) electrons. The van der Waals surface area contributed by atoms with Gasteiger partial charge in [0, 0.05) is 6.20 Å². The summed E-state index contributed by atoms with van der Waals surface area (Å²) in [6.45, 7) is 0. The Bertz CT molecular complexity index is 701. The van der Waals surface area contributed by atoms with Gasteiger partial charge in [-0.25, -0.2) is 9.37 Å². The van der Waals surface area contributed by atoms with Gasteiger partial charge in [-0.15, -0.1) is 0 Å². The second kappa shape index (κ2) is 6.00. The second-order valence-corrected chi connectivity index (χ2v) is 4.18. The number of nitrogens with zero attached hydrogens (tertiary/aromatic N) is 1. The summed E-state index contributed by atoms with van der Waals surface area (Å²) in [4.78, 5) is 15.8. The molecule has 2 rings (SSSR count). The Balaban J connectivity index is 2.35. The predicted molar refractivity (Wildman–Crippen MR) is 70.1 cm³/mol. The van der Waals surface area contributed by atoms with Gasteiger partial charge < -0.3 is 10.1 Å². The number of rotatable bonds is 3. The van der Waals surface area contributed by atoms with E-state index in [4.69, 9.17) is 4.74 Å². The molecule has 1 heterocycles. The highest BCUT2D eigenvalue weighted by Crippen LogP contribution is 2.32. The van der Waals surface area contributed by atoms with Crippen molar-refractivity contribution in [2.45, 2.75) is 6.18 Å². The molecule has 1 N–H and O–H groups in total. The lowest BCUT2D eigenvalue weighted by Gasteiger charge is -2.12. The number of carbonyl (C=O) groups excluding carboxylic acids is 1. The maximum atomic E-state index is 13.9. The zero-order chi connectivity index (χ0) is 16.3. The number of benzene rings is 1. The first-order valence-electron chi connectivity index (χ1n) is 6.00. The van der Waals surface area contributed by atoms with Crippen LogP contribution in [0.25, 0.3) is 0 Å². The molecular weight excluding hydrogens is 304 g/mol. The van der Waals surface area contributed by atoms with Crippen molar-refractivity contribution in [1.82, 2.24) is 4.98 Å². The van der Waals surface area contributed by atoms with Gasteiger partial charge in [0.25, 0.3) is 5.91 Å². The van der Waals surface area contributed by atoms with Crippen molar-refractivity contribution in [3.63, 3.8) is 0 Å². The lowest BCUT2D eigenvalue weighted by atomic mass is 10.1. The Kier molecular flexibility index (Phi) is 4.30. The monoisotopic (exact) mass is 314 g/mol. The molecule has 0 saturated heterocycles. The summed E-state index contributed by atoms with van der Waals surface area (Å²) in [5.74, 6) is -2.60. The van der Waals surface area contributed by atoms with E-state index in [0.29, 0.717) is 6.07 Å². The fraction of sp³-hybridized carbons (Fsp3) is 0.143. The minimum Gasteiger partial charge on any atom is -0.480 e. The summed E-state index contributed by atoms with van der Waals surface area (Å²) in [7, 11) is 1.31. The summed E-state index contributed by atoms with van der Waals surface area (Å²) < 4.78 is 56.7. The molecule has 0 bridgehead atoms. The first-order chi connectivity index (χ1) is 10.3. The molecule has 0 aliphatic carbocycles. The molecular formula is C14H10F4N2O2. The van der Waals surface area contributed by atoms with Gasteiger partial charge >= 0.3 is 6.18 Å². The molecule has 4 nitrogen and oxygen atoms in total. The number of methoxy groups -OCH3 is 1. The van der Waals surface area contributed by atoms with E-state index < -0.39 is 29.0 Å². The first kappa shape index (κ1) is 15.7. The van der Waals surface area contributed by atoms with Crippen molar-refractivity contribution in [1.29, 1.82) is 0 Å². The van der Waals surface area contributed by atoms with Crippen molar-refractivity contribution in [2.24, 2.45) is 0 Å². The van der Waals surface area contributed by atoms with E-state index in [1.54, 1.807) is 0 Å². The van der Waals surface area contributed by atoms with Crippen molar-refractivity contribution in [3.8, 4) is 5.88 Å². The van der Waals surface area contributed by atoms with E-state index in [-0.39, 0.29) is 11.6 Å². The predicted octanol–water partition coefficient (Wildman–Crippen LogP) is 3.50. The second-order valence-electron chi connectivity index (χ2n) is 4.18. The molecule has 0 aliphatic heterocycles. The average molecular weight is 314 g/mol. The molecule has 1 amide bonds. The molecule has 0 atom stereocenters. The van der Waals surface area contributed by atoms with Crippen LogP contribution in [0.5, 0.6) is 5.88 Å². The van der Waals surface area contributed by atoms with Crippen LogP contribution in [0.15, 0.2) is 36.5 Å². The smallest absolute Gasteiger partial charge is 0.419 e. The lowest BCUT2D eigenvalue weighted by Crippen LogP contribution is -2.18. The maximum absolute atomic E-state index is 13.9. The van der Waals surface area contributed by atoms with Crippen LogP contribution in [0.4, 0.5) is 23.2 Å². The summed E-state index contributed by atoms with van der Waals surface area (Å²) in [5, 5.41) is 2.26. The normalized spacial score (nSPS) is 11.1. The van der Waals surface area contributed by atoms with Crippen LogP contribution in [-0.2, 0) is 6.18 Å². The quantitative estimate of drug-likeness (QED) is 0.882. The van der Waals surface area contributed by atoms with Crippen LogP contribution in [0.3, 0.4) is 0 Å². The SMILES string of the molecule is COc1ncccc1NC(=O)c1cccc(C(F)(F)F)c1F. The Hall–Kier alpha value is -2.64. The molecule has 0 saturated carbocycles. The molecule has 1 aromatic carbocycles. The zero-order valence-electron chi connectivity index (χ0n) is 11.2. The van der Waals surface area contributed by atoms with E-state index in [9.17, 15) is 22.4 Å². The third kappa shape index (κ3) is 3.16. The highest BCUT2D eigenvalue weighted by atomic mass is 19.4. The number of aromatic nitrogens is 1. The van der Waals surface area contributed by atoms with Gasteiger partial charge in [-0.3, -0.25) is 4.79 Å². The van der Waals surface area contributed by atoms with Gasteiger partial charge in [-0.1, -0.05) is 6.07 Å². The maximum Gasteiger partial charge on any atom is 0.419 e. The van der Waals surface area contributed by atoms with Crippen LogP contribution in [0.1, 0.15) is 15.9 Å². The van der Waals surface area contributed by atoms with Crippen LogP contribution in [0, 0.1) is 5.82 Å². The molecule has 0 spiro atoms. The van der Waals surface area contributed by atoms with Crippen LogP contribution >= 0.6 is 0 Å². The molecule has 0 aliphatic rings. The van der Waals surface area contributed by atoms with Gasteiger partial charge in [0.15, 0.2) is 0 Å². The number of nitrogens with one attached hydrogen (secondary N) is 1. The van der Waals surface area contributed by atoms with Crippen molar-refractivity contribution in [3.05, 3.63) is 53.5 Å². The number of carbonyl (C=O) groups is 1. The molecule has 116 valence electrons. The highest BCUT2D eigenvalue weighted by Gasteiger charge is 2.35. The molecule has 2 aromatic rings. The van der Waals surface area contributed by atoms with E-state index in [1.807, 2.05) is 0 Å². The van der Waals surface area contributed by atoms with E-state index in [1.165, 1.54) is 25.4 Å². The standard InChI is InChI=1S/C14H10F4N2O2/c1-22-13-10(6-3-7-19-13)20-12(21)8-4-2-5-9(11(8)15)14(16,17)18/h2-7H,1H3,(H,20,21). The number of anilines is 1. The first-order valence-corrected chi connectivity index (χ1v) is 6.00. The number of hydrogen-bond donors (Lipinski definition) is 1. The third-order valence-corrected chi connectivity index (χ3v) is 2.76. The van der Waals surface area contributed by atoms with Gasteiger partial charge in [0.1, 0.15) is 11.5 Å². The molecule has 22 heavy (non-hydrogen) atoms. The average Bonchev–Trinajstić information content (AvgIpc) is 2.46. The van der Waals surface area contributed by atoms with Gasteiger partial charge in [-0.05, 0) is 24.3 Å². The fourth-order valence-electron chi connectivity index (χ4n) is 1.76. The van der Waals surface area contributed by atoms with Gasteiger partial charge in [0.2, 0.25) is 5.88 Å². The third-order valence-electron chi connectivity index (χ3n) is 2.76. The van der Waals surface area contributed by atoms with Crippen molar-refractivity contribution < 1.29 is 27.1 Å². The summed E-state index contributed by atoms with van der Waals surface area (Å²) in [6.07, 6.45) is -3.48. The Morgan fingerprint density at radius 3 is 2.59 bits per heavy atom. The molecule has 8 heteroatoms.